The smallest absolute Gasteiger partial charge is 0.229 e. The van der Waals surface area contributed by atoms with Crippen LogP contribution in [0.4, 0.5) is 0 Å². The summed E-state index contributed by atoms with van der Waals surface area (Å²) in [5.41, 5.74) is 3.73. The van der Waals surface area contributed by atoms with Crippen molar-refractivity contribution in [2.75, 3.05) is 33.4 Å². The molecule has 0 N–H and O–H groups in total. The van der Waals surface area contributed by atoms with Gasteiger partial charge in [0.15, 0.2) is 11.5 Å². The maximum Gasteiger partial charge on any atom is 0.229 e. The molecule has 2 aliphatic rings. The van der Waals surface area contributed by atoms with E-state index in [1.807, 2.05) is 12.1 Å². The maximum atomic E-state index is 11.8. The van der Waals surface area contributed by atoms with E-state index >= 15 is 0 Å². The molecule has 0 radical (unpaired) electrons. The molecular formula is C28H36N2O5. The summed E-state index contributed by atoms with van der Waals surface area (Å²) in [5.74, 6) is 2.53. The summed E-state index contributed by atoms with van der Waals surface area (Å²) < 4.78 is 17.2. The molecule has 1 fully saturated rings. The lowest BCUT2D eigenvalue weighted by atomic mass is 10.0. The minimum absolute atomic E-state index is 0.129. The van der Waals surface area contributed by atoms with Crippen LogP contribution in [0.3, 0.4) is 0 Å². The van der Waals surface area contributed by atoms with Crippen molar-refractivity contribution in [2.24, 2.45) is 5.92 Å². The molecule has 0 bridgehead atoms. The zero-order valence-corrected chi connectivity index (χ0v) is 21.2. The number of fused-ring (bicyclic) bond motifs is 1. The molecule has 0 aromatic heterocycles. The van der Waals surface area contributed by atoms with Crippen LogP contribution in [0.15, 0.2) is 36.4 Å². The molecular weight excluding hydrogens is 444 g/mol. The van der Waals surface area contributed by atoms with Gasteiger partial charge in [-0.1, -0.05) is 32.0 Å². The summed E-state index contributed by atoms with van der Waals surface area (Å²) in [6.45, 7) is 9.75. The van der Waals surface area contributed by atoms with Crippen molar-refractivity contribution in [2.45, 2.75) is 52.6 Å². The zero-order valence-electron chi connectivity index (χ0n) is 21.2. The highest BCUT2D eigenvalue weighted by molar-refractivity contribution is 6.01. The fourth-order valence-electron chi connectivity index (χ4n) is 4.79. The predicted molar refractivity (Wildman–Crippen MR) is 134 cm³/mol. The van der Waals surface area contributed by atoms with E-state index in [0.717, 1.165) is 37.4 Å². The lowest BCUT2D eigenvalue weighted by Gasteiger charge is -2.31. The summed E-state index contributed by atoms with van der Waals surface area (Å²) in [6.07, 6.45) is 1.56. The van der Waals surface area contributed by atoms with Crippen molar-refractivity contribution in [3.8, 4) is 17.2 Å². The minimum atomic E-state index is -0.129. The molecule has 2 heterocycles. The minimum Gasteiger partial charge on any atom is -0.493 e. The first-order valence-corrected chi connectivity index (χ1v) is 12.5. The van der Waals surface area contributed by atoms with Crippen molar-refractivity contribution in [1.29, 1.82) is 0 Å². The van der Waals surface area contributed by atoms with Crippen LogP contribution in [0.5, 0.6) is 17.2 Å². The van der Waals surface area contributed by atoms with Gasteiger partial charge in [-0.05, 0) is 47.7 Å². The molecule has 7 nitrogen and oxygen atoms in total. The van der Waals surface area contributed by atoms with E-state index in [1.165, 1.54) is 16.0 Å². The number of carbonyl (C=O) groups is 2. The van der Waals surface area contributed by atoms with E-state index in [2.05, 4.69) is 49.9 Å². The predicted octanol–water partition coefficient (Wildman–Crippen LogP) is 4.38. The van der Waals surface area contributed by atoms with Crippen molar-refractivity contribution < 1.29 is 23.8 Å². The molecule has 2 aromatic carbocycles. The van der Waals surface area contributed by atoms with E-state index in [0.29, 0.717) is 30.3 Å². The van der Waals surface area contributed by atoms with Crippen molar-refractivity contribution in [3.05, 3.63) is 53.1 Å². The molecule has 1 unspecified atom stereocenters. The van der Waals surface area contributed by atoms with Crippen LogP contribution in [0, 0.1) is 5.92 Å². The van der Waals surface area contributed by atoms with Crippen LogP contribution < -0.4 is 14.2 Å². The fraction of sp³-hybridized carbons (Fsp3) is 0.500. The van der Waals surface area contributed by atoms with Gasteiger partial charge in [-0.25, -0.2) is 0 Å². The average molecular weight is 481 g/mol. The van der Waals surface area contributed by atoms with Crippen molar-refractivity contribution in [3.63, 3.8) is 0 Å². The van der Waals surface area contributed by atoms with Crippen LogP contribution in [0.25, 0.3) is 0 Å². The normalized spacial score (nSPS) is 16.1. The standard InChI is InChI=1S/C28H36N2O5/c1-19(2)17-29(20(3)22-6-8-24-23(16-22)11-13-34-24)18-21-5-7-25(26(15-21)33-4)35-14-12-30-27(31)9-10-28(30)32/h5-8,15-16,19-20H,9-14,17-18H2,1-4H3. The number of imide groups is 1. The number of methoxy groups -OCH3 is 1. The quantitative estimate of drug-likeness (QED) is 0.445. The lowest BCUT2D eigenvalue weighted by molar-refractivity contribution is -0.138. The lowest BCUT2D eigenvalue weighted by Crippen LogP contribution is -2.33. The van der Waals surface area contributed by atoms with E-state index in [4.69, 9.17) is 14.2 Å². The summed E-state index contributed by atoms with van der Waals surface area (Å²) in [7, 11) is 1.63. The zero-order chi connectivity index (χ0) is 24.9. The number of hydrogen-bond donors (Lipinski definition) is 0. The number of carbonyl (C=O) groups excluding carboxylic acids is 2. The van der Waals surface area contributed by atoms with E-state index in [1.54, 1.807) is 7.11 Å². The van der Waals surface area contributed by atoms with Crippen molar-refractivity contribution in [1.82, 2.24) is 9.80 Å². The number of benzene rings is 2. The average Bonchev–Trinajstić information content (AvgIpc) is 3.44. The Balaban J connectivity index is 1.44. The maximum absolute atomic E-state index is 11.8. The number of ether oxygens (including phenoxy) is 3. The van der Waals surface area contributed by atoms with Gasteiger partial charge in [0.05, 0.1) is 20.3 Å². The highest BCUT2D eigenvalue weighted by Gasteiger charge is 2.28. The molecule has 0 saturated carbocycles. The van der Waals surface area contributed by atoms with E-state index < -0.39 is 0 Å². The molecule has 0 aliphatic carbocycles. The second-order valence-corrected chi connectivity index (χ2v) is 9.74. The van der Waals surface area contributed by atoms with Crippen LogP contribution >= 0.6 is 0 Å². The Bertz CT molecular complexity index is 1050. The monoisotopic (exact) mass is 480 g/mol. The molecule has 2 aliphatic heterocycles. The molecule has 7 heteroatoms. The van der Waals surface area contributed by atoms with Gasteiger partial charge in [0.25, 0.3) is 0 Å². The number of rotatable bonds is 11. The Kier molecular flexibility index (Phi) is 7.96. The first kappa shape index (κ1) is 25.0. The van der Waals surface area contributed by atoms with Gasteiger partial charge in [-0.2, -0.15) is 0 Å². The molecule has 2 aromatic rings. The van der Waals surface area contributed by atoms with Crippen molar-refractivity contribution >= 4 is 11.8 Å². The molecule has 0 spiro atoms. The first-order valence-electron chi connectivity index (χ1n) is 12.5. The van der Waals surface area contributed by atoms with Gasteiger partial charge in [0.1, 0.15) is 12.4 Å². The van der Waals surface area contributed by atoms with E-state index in [9.17, 15) is 9.59 Å². The molecule has 4 rings (SSSR count). The van der Waals surface area contributed by atoms with Gasteiger partial charge < -0.3 is 14.2 Å². The Morgan fingerprint density at radius 2 is 1.77 bits per heavy atom. The largest absolute Gasteiger partial charge is 0.493 e. The Morgan fingerprint density at radius 1 is 1.00 bits per heavy atom. The molecule has 1 atom stereocenters. The summed E-state index contributed by atoms with van der Waals surface area (Å²) in [4.78, 5) is 27.4. The van der Waals surface area contributed by atoms with Crippen LogP contribution in [0.1, 0.15) is 56.3 Å². The van der Waals surface area contributed by atoms with Crippen LogP contribution in [-0.4, -0.2) is 55.0 Å². The SMILES string of the molecule is COc1cc(CN(CC(C)C)C(C)c2ccc3c(c2)CCO3)ccc1OCCN1C(=O)CCC1=O. The van der Waals surface area contributed by atoms with Gasteiger partial charge in [-0.3, -0.25) is 19.4 Å². The first-order chi connectivity index (χ1) is 16.9. The number of hydrogen-bond acceptors (Lipinski definition) is 6. The Hall–Kier alpha value is -3.06. The third-order valence-electron chi connectivity index (χ3n) is 6.68. The summed E-state index contributed by atoms with van der Waals surface area (Å²) in [5, 5.41) is 0. The topological polar surface area (TPSA) is 68.3 Å². The van der Waals surface area contributed by atoms with Gasteiger partial charge in [-0.15, -0.1) is 0 Å². The highest BCUT2D eigenvalue weighted by Crippen LogP contribution is 2.33. The second-order valence-electron chi connectivity index (χ2n) is 9.74. The molecule has 35 heavy (non-hydrogen) atoms. The third-order valence-corrected chi connectivity index (χ3v) is 6.68. The third kappa shape index (κ3) is 5.96. The second kappa shape index (κ2) is 11.1. The summed E-state index contributed by atoms with van der Waals surface area (Å²) >= 11 is 0. The van der Waals surface area contributed by atoms with Crippen LogP contribution in [-0.2, 0) is 22.6 Å². The Morgan fingerprint density at radius 3 is 2.49 bits per heavy atom. The van der Waals surface area contributed by atoms with Crippen LogP contribution in [0.2, 0.25) is 0 Å². The van der Waals surface area contributed by atoms with Gasteiger partial charge in [0.2, 0.25) is 11.8 Å². The molecule has 2 amide bonds. The molecule has 1 saturated heterocycles. The number of nitrogens with zero attached hydrogens (tertiary/aromatic N) is 2. The van der Waals surface area contributed by atoms with Gasteiger partial charge >= 0.3 is 0 Å². The number of likely N-dealkylation sites (tertiary alicyclic amines) is 1. The highest BCUT2D eigenvalue weighted by atomic mass is 16.5. The number of amides is 2. The molecule has 188 valence electrons. The van der Waals surface area contributed by atoms with E-state index in [-0.39, 0.29) is 31.0 Å². The fourth-order valence-corrected chi connectivity index (χ4v) is 4.79. The van der Waals surface area contributed by atoms with Gasteiger partial charge in [0, 0.05) is 38.4 Å². The Labute approximate surface area is 207 Å². The summed E-state index contributed by atoms with van der Waals surface area (Å²) in [6, 6.07) is 12.8.